The molecule has 28 heavy (non-hydrogen) atoms. The van der Waals surface area contributed by atoms with Crippen LogP contribution in [0.5, 0.6) is 0 Å². The Balaban J connectivity index is 1.31. The minimum atomic E-state index is -0.244. The van der Waals surface area contributed by atoms with Crippen molar-refractivity contribution in [1.29, 1.82) is 0 Å². The van der Waals surface area contributed by atoms with Crippen LogP contribution in [0.25, 0.3) is 10.7 Å². The third-order valence-corrected chi connectivity index (χ3v) is 7.26. The van der Waals surface area contributed by atoms with E-state index in [0.717, 1.165) is 47.2 Å². The molecule has 5 nitrogen and oxygen atoms in total. The highest BCUT2D eigenvalue weighted by molar-refractivity contribution is 8.00. The van der Waals surface area contributed by atoms with Crippen LogP contribution in [-0.2, 0) is 17.6 Å². The molecule has 0 bridgehead atoms. The Bertz CT molecular complexity index is 1010. The van der Waals surface area contributed by atoms with E-state index in [-0.39, 0.29) is 11.2 Å². The van der Waals surface area contributed by atoms with Gasteiger partial charge in [0.2, 0.25) is 5.91 Å². The normalized spacial score (nSPS) is 16.8. The second-order valence-electron chi connectivity index (χ2n) is 7.47. The summed E-state index contributed by atoms with van der Waals surface area (Å²) in [6.07, 6.45) is 5.78. The van der Waals surface area contributed by atoms with E-state index in [0.29, 0.717) is 6.04 Å². The first kappa shape index (κ1) is 17.9. The summed E-state index contributed by atoms with van der Waals surface area (Å²) >= 11 is 3.16. The van der Waals surface area contributed by atoms with Gasteiger partial charge in [-0.1, -0.05) is 23.9 Å². The second-order valence-corrected chi connectivity index (χ2v) is 9.73. The van der Waals surface area contributed by atoms with E-state index in [1.54, 1.807) is 11.3 Å². The molecule has 7 heteroatoms. The number of nitrogens with zero attached hydrogens (tertiary/aromatic N) is 3. The van der Waals surface area contributed by atoms with Gasteiger partial charge in [0.25, 0.3) is 0 Å². The number of aryl methyl sites for hydroxylation is 2. The first-order chi connectivity index (χ1) is 13.7. The van der Waals surface area contributed by atoms with E-state index in [4.69, 9.17) is 0 Å². The molecule has 1 atom stereocenters. The maximum absolute atomic E-state index is 12.8. The van der Waals surface area contributed by atoms with Crippen molar-refractivity contribution in [2.75, 3.05) is 5.32 Å². The maximum Gasteiger partial charge on any atom is 0.237 e. The van der Waals surface area contributed by atoms with Gasteiger partial charge in [0, 0.05) is 11.7 Å². The summed E-state index contributed by atoms with van der Waals surface area (Å²) in [6.45, 7) is 1.93. The van der Waals surface area contributed by atoms with Crippen LogP contribution < -0.4 is 5.32 Å². The molecule has 1 aromatic carbocycles. The number of hydrogen-bond donors (Lipinski definition) is 1. The summed E-state index contributed by atoms with van der Waals surface area (Å²) in [7, 11) is 0. The number of thioether (sulfide) groups is 1. The van der Waals surface area contributed by atoms with Crippen molar-refractivity contribution in [3.63, 3.8) is 0 Å². The zero-order valence-corrected chi connectivity index (χ0v) is 17.4. The molecule has 5 rings (SSSR count). The van der Waals surface area contributed by atoms with Gasteiger partial charge in [-0.15, -0.1) is 21.5 Å². The standard InChI is InChI=1S/C21H22N4OS2/c1-13(20(26)22-16-8-7-14-4-2-5-15(14)12-16)28-21-24-23-19(18-6-3-11-27-18)25(21)17-9-10-17/h3,6-8,11-13,17H,2,4-5,9-10H2,1H3,(H,22,26)/t13-/m0/s1. The Morgan fingerprint density at radius 2 is 2.11 bits per heavy atom. The fourth-order valence-corrected chi connectivity index (χ4v) is 5.32. The molecule has 3 aromatic rings. The molecule has 1 fully saturated rings. The van der Waals surface area contributed by atoms with E-state index in [2.05, 4.69) is 43.7 Å². The molecule has 0 radical (unpaired) electrons. The first-order valence-corrected chi connectivity index (χ1v) is 11.5. The van der Waals surface area contributed by atoms with Gasteiger partial charge in [0.15, 0.2) is 11.0 Å². The SMILES string of the molecule is C[C@H](Sc1nnc(-c2cccs2)n1C1CC1)C(=O)Nc1ccc2c(c1)CCC2. The van der Waals surface area contributed by atoms with Gasteiger partial charge in [0.1, 0.15) is 0 Å². The van der Waals surface area contributed by atoms with Crippen LogP contribution in [0.3, 0.4) is 0 Å². The van der Waals surface area contributed by atoms with Crippen molar-refractivity contribution in [3.8, 4) is 10.7 Å². The van der Waals surface area contributed by atoms with Crippen molar-refractivity contribution in [3.05, 3.63) is 46.8 Å². The number of nitrogens with one attached hydrogen (secondary N) is 1. The number of amides is 1. The van der Waals surface area contributed by atoms with Crippen molar-refractivity contribution >= 4 is 34.7 Å². The van der Waals surface area contributed by atoms with Crippen LogP contribution in [0.1, 0.15) is 43.4 Å². The van der Waals surface area contributed by atoms with Crippen molar-refractivity contribution < 1.29 is 4.79 Å². The average molecular weight is 411 g/mol. The molecule has 1 N–H and O–H groups in total. The van der Waals surface area contributed by atoms with Gasteiger partial charge < -0.3 is 5.32 Å². The summed E-state index contributed by atoms with van der Waals surface area (Å²) in [4.78, 5) is 13.9. The Kier molecular flexibility index (Phi) is 4.72. The van der Waals surface area contributed by atoms with Crippen LogP contribution in [0.15, 0.2) is 40.9 Å². The zero-order valence-electron chi connectivity index (χ0n) is 15.7. The number of thiophene rings is 1. The molecular formula is C21H22N4OS2. The van der Waals surface area contributed by atoms with Gasteiger partial charge in [0.05, 0.1) is 10.1 Å². The van der Waals surface area contributed by atoms with E-state index in [1.165, 1.54) is 29.3 Å². The molecule has 2 aliphatic rings. The Hall–Kier alpha value is -2.12. The minimum absolute atomic E-state index is 0.00553. The summed E-state index contributed by atoms with van der Waals surface area (Å²) in [5, 5.41) is 14.6. The highest BCUT2D eigenvalue weighted by atomic mass is 32.2. The molecule has 2 aliphatic carbocycles. The summed E-state index contributed by atoms with van der Waals surface area (Å²) in [5.74, 6) is 0.928. The number of hydrogen-bond acceptors (Lipinski definition) is 5. The Morgan fingerprint density at radius 1 is 1.25 bits per heavy atom. The maximum atomic E-state index is 12.8. The lowest BCUT2D eigenvalue weighted by molar-refractivity contribution is -0.115. The van der Waals surface area contributed by atoms with Crippen molar-refractivity contribution in [1.82, 2.24) is 14.8 Å². The molecular weight excluding hydrogens is 388 g/mol. The van der Waals surface area contributed by atoms with E-state index in [9.17, 15) is 4.79 Å². The highest BCUT2D eigenvalue weighted by Crippen LogP contribution is 2.42. The Morgan fingerprint density at radius 3 is 2.89 bits per heavy atom. The van der Waals surface area contributed by atoms with Crippen LogP contribution in [0.2, 0.25) is 0 Å². The van der Waals surface area contributed by atoms with Crippen molar-refractivity contribution in [2.24, 2.45) is 0 Å². The molecule has 0 spiro atoms. The molecule has 2 aromatic heterocycles. The molecule has 1 saturated carbocycles. The highest BCUT2D eigenvalue weighted by Gasteiger charge is 2.31. The fraction of sp³-hybridized carbons (Fsp3) is 0.381. The van der Waals surface area contributed by atoms with Gasteiger partial charge in [-0.25, -0.2) is 0 Å². The van der Waals surface area contributed by atoms with Gasteiger partial charge in [-0.2, -0.15) is 0 Å². The number of rotatable bonds is 6. The lowest BCUT2D eigenvalue weighted by atomic mass is 10.1. The topological polar surface area (TPSA) is 59.8 Å². The van der Waals surface area contributed by atoms with Gasteiger partial charge >= 0.3 is 0 Å². The molecule has 0 saturated heterocycles. The summed E-state index contributed by atoms with van der Waals surface area (Å²) in [6, 6.07) is 10.9. The lowest BCUT2D eigenvalue weighted by Crippen LogP contribution is -2.23. The number of carbonyl (C=O) groups is 1. The van der Waals surface area contributed by atoms with E-state index < -0.39 is 0 Å². The number of anilines is 1. The molecule has 144 valence electrons. The predicted octanol–water partition coefficient (Wildman–Crippen LogP) is 4.95. The smallest absolute Gasteiger partial charge is 0.237 e. The third kappa shape index (κ3) is 3.49. The van der Waals surface area contributed by atoms with Gasteiger partial charge in [-0.3, -0.25) is 9.36 Å². The Labute approximate surface area is 172 Å². The minimum Gasteiger partial charge on any atom is -0.325 e. The number of benzene rings is 1. The van der Waals surface area contributed by atoms with Crippen LogP contribution in [0, 0.1) is 0 Å². The monoisotopic (exact) mass is 410 g/mol. The van der Waals surface area contributed by atoms with Crippen LogP contribution in [-0.4, -0.2) is 25.9 Å². The second kappa shape index (κ2) is 7.37. The number of fused-ring (bicyclic) bond motifs is 1. The number of carbonyl (C=O) groups excluding carboxylic acids is 1. The molecule has 1 amide bonds. The first-order valence-electron chi connectivity index (χ1n) is 9.77. The van der Waals surface area contributed by atoms with Crippen LogP contribution >= 0.6 is 23.1 Å². The van der Waals surface area contributed by atoms with Crippen LogP contribution in [0.4, 0.5) is 5.69 Å². The lowest BCUT2D eigenvalue weighted by Gasteiger charge is -2.14. The van der Waals surface area contributed by atoms with E-state index >= 15 is 0 Å². The van der Waals surface area contributed by atoms with E-state index in [1.807, 2.05) is 19.1 Å². The fourth-order valence-electron chi connectivity index (χ4n) is 3.70. The zero-order chi connectivity index (χ0) is 19.1. The van der Waals surface area contributed by atoms with Crippen molar-refractivity contribution in [2.45, 2.75) is 55.5 Å². The number of aromatic nitrogens is 3. The molecule has 0 aliphatic heterocycles. The average Bonchev–Trinajstić information content (AvgIpc) is 3.11. The summed E-state index contributed by atoms with van der Waals surface area (Å²) < 4.78 is 2.22. The largest absolute Gasteiger partial charge is 0.325 e. The summed E-state index contributed by atoms with van der Waals surface area (Å²) in [5.41, 5.74) is 3.67. The van der Waals surface area contributed by atoms with Gasteiger partial charge in [-0.05, 0) is 73.7 Å². The molecule has 0 unspecified atom stereocenters. The third-order valence-electron chi connectivity index (χ3n) is 5.34. The predicted molar refractivity (Wildman–Crippen MR) is 114 cm³/mol. The quantitative estimate of drug-likeness (QED) is 0.584. The molecule has 2 heterocycles.